The number of amides is 1. The number of carbonyl (C=O) groups is 1. The Morgan fingerprint density at radius 3 is 2.89 bits per heavy atom. The van der Waals surface area contributed by atoms with Crippen LogP contribution in [0, 0.1) is 5.82 Å². The molecule has 0 heterocycles. The van der Waals surface area contributed by atoms with Crippen LogP contribution in [0.25, 0.3) is 0 Å². The first-order chi connectivity index (χ1) is 8.45. The van der Waals surface area contributed by atoms with Crippen molar-refractivity contribution in [1.82, 2.24) is 4.90 Å². The molecular weight excluding hydrogens is 303 g/mol. The van der Waals surface area contributed by atoms with E-state index in [1.165, 1.54) is 11.0 Å². The van der Waals surface area contributed by atoms with E-state index in [9.17, 15) is 9.18 Å². The zero-order chi connectivity index (χ0) is 13.7. The van der Waals surface area contributed by atoms with E-state index in [-0.39, 0.29) is 11.7 Å². The number of hydrogen-bond acceptors (Lipinski definition) is 3. The molecular formula is C12H16BrFN2O2. The van der Waals surface area contributed by atoms with Gasteiger partial charge in [-0.1, -0.05) is 15.9 Å². The number of aliphatic hydroxyl groups excluding tert-OH is 1. The van der Waals surface area contributed by atoms with Gasteiger partial charge in [0.2, 0.25) is 5.91 Å². The van der Waals surface area contributed by atoms with E-state index in [1.54, 1.807) is 19.2 Å². The van der Waals surface area contributed by atoms with Crippen LogP contribution in [0.1, 0.15) is 5.56 Å². The smallest absolute Gasteiger partial charge is 0.241 e. The minimum Gasteiger partial charge on any atom is -0.394 e. The van der Waals surface area contributed by atoms with Gasteiger partial charge in [-0.25, -0.2) is 4.39 Å². The van der Waals surface area contributed by atoms with Crippen molar-refractivity contribution in [3.05, 3.63) is 34.1 Å². The van der Waals surface area contributed by atoms with Crippen LogP contribution in [0.2, 0.25) is 0 Å². The highest BCUT2D eigenvalue weighted by Crippen LogP contribution is 2.16. The highest BCUT2D eigenvalue weighted by atomic mass is 79.9. The van der Waals surface area contributed by atoms with Gasteiger partial charge in [-0.15, -0.1) is 0 Å². The van der Waals surface area contributed by atoms with Gasteiger partial charge in [-0.05, 0) is 30.2 Å². The number of hydrogen-bond donors (Lipinski definition) is 2. The van der Waals surface area contributed by atoms with Crippen molar-refractivity contribution < 1.29 is 14.3 Å². The summed E-state index contributed by atoms with van der Waals surface area (Å²) < 4.78 is 14.2. The Bertz CT molecular complexity index is 429. The maximum atomic E-state index is 13.5. The minimum atomic E-state index is -0.914. The Balaban J connectivity index is 2.59. The van der Waals surface area contributed by atoms with Gasteiger partial charge in [0.15, 0.2) is 0 Å². The summed E-state index contributed by atoms with van der Waals surface area (Å²) in [6, 6.07) is 3.76. The van der Waals surface area contributed by atoms with Crippen LogP contribution in [0.5, 0.6) is 0 Å². The number of carbonyl (C=O) groups excluding carboxylic acids is 1. The standard InChI is InChI=1S/C12H16BrFN2O2/c1-16(12(18)11(15)7-17)5-4-8-6-9(13)2-3-10(8)14/h2-3,6,11,17H,4-5,7,15H2,1H3. The Hall–Kier alpha value is -0.980. The van der Waals surface area contributed by atoms with Crippen LogP contribution in [0.15, 0.2) is 22.7 Å². The predicted octanol–water partition coefficient (Wildman–Crippen LogP) is 0.909. The summed E-state index contributed by atoms with van der Waals surface area (Å²) >= 11 is 3.27. The van der Waals surface area contributed by atoms with Crippen molar-refractivity contribution in [3.63, 3.8) is 0 Å². The van der Waals surface area contributed by atoms with Crippen molar-refractivity contribution in [1.29, 1.82) is 0 Å². The van der Waals surface area contributed by atoms with Gasteiger partial charge in [-0.3, -0.25) is 4.79 Å². The van der Waals surface area contributed by atoms with E-state index < -0.39 is 12.6 Å². The fourth-order valence-electron chi connectivity index (χ4n) is 1.49. The zero-order valence-electron chi connectivity index (χ0n) is 10.1. The molecule has 0 radical (unpaired) electrons. The van der Waals surface area contributed by atoms with Crippen molar-refractivity contribution in [2.24, 2.45) is 5.73 Å². The number of nitrogens with zero attached hydrogens (tertiary/aromatic N) is 1. The fourth-order valence-corrected chi connectivity index (χ4v) is 1.90. The van der Waals surface area contributed by atoms with Crippen molar-refractivity contribution in [2.75, 3.05) is 20.2 Å². The zero-order valence-corrected chi connectivity index (χ0v) is 11.7. The molecule has 1 rings (SSSR count). The molecule has 4 nitrogen and oxygen atoms in total. The van der Waals surface area contributed by atoms with Crippen molar-refractivity contribution in [2.45, 2.75) is 12.5 Å². The second-order valence-electron chi connectivity index (χ2n) is 4.03. The summed E-state index contributed by atoms with van der Waals surface area (Å²) in [5.41, 5.74) is 5.95. The van der Waals surface area contributed by atoms with Crippen molar-refractivity contribution in [3.8, 4) is 0 Å². The van der Waals surface area contributed by atoms with Gasteiger partial charge >= 0.3 is 0 Å². The second kappa shape index (κ2) is 6.82. The molecule has 3 N–H and O–H groups in total. The first kappa shape index (κ1) is 15.1. The molecule has 0 saturated carbocycles. The Kier molecular flexibility index (Phi) is 5.71. The maximum Gasteiger partial charge on any atom is 0.241 e. The molecule has 1 unspecified atom stereocenters. The predicted molar refractivity (Wildman–Crippen MR) is 70.5 cm³/mol. The van der Waals surface area contributed by atoms with Crippen molar-refractivity contribution >= 4 is 21.8 Å². The molecule has 0 fully saturated rings. The van der Waals surface area contributed by atoms with Crippen LogP contribution in [0.3, 0.4) is 0 Å². The highest BCUT2D eigenvalue weighted by Gasteiger charge is 2.17. The van der Waals surface area contributed by atoms with E-state index in [1.807, 2.05) is 0 Å². The molecule has 0 saturated heterocycles. The molecule has 0 aliphatic rings. The summed E-state index contributed by atoms with van der Waals surface area (Å²) in [6.07, 6.45) is 0.395. The third kappa shape index (κ3) is 4.04. The highest BCUT2D eigenvalue weighted by molar-refractivity contribution is 9.10. The molecule has 0 bridgehead atoms. The van der Waals surface area contributed by atoms with E-state index in [4.69, 9.17) is 10.8 Å². The lowest BCUT2D eigenvalue weighted by Gasteiger charge is -2.20. The van der Waals surface area contributed by atoms with Gasteiger partial charge in [-0.2, -0.15) is 0 Å². The van der Waals surface area contributed by atoms with E-state index in [0.29, 0.717) is 18.5 Å². The normalized spacial score (nSPS) is 12.3. The van der Waals surface area contributed by atoms with Crippen LogP contribution in [-0.2, 0) is 11.2 Å². The summed E-state index contributed by atoms with van der Waals surface area (Å²) in [6.45, 7) is -0.0473. The third-order valence-electron chi connectivity index (χ3n) is 2.61. The first-order valence-corrected chi connectivity index (χ1v) is 6.30. The van der Waals surface area contributed by atoms with Gasteiger partial charge in [0.05, 0.1) is 6.61 Å². The van der Waals surface area contributed by atoms with Gasteiger partial charge in [0, 0.05) is 18.1 Å². The van der Waals surface area contributed by atoms with Crippen LogP contribution < -0.4 is 5.73 Å². The molecule has 0 aliphatic heterocycles. The average molecular weight is 319 g/mol. The molecule has 1 aromatic rings. The molecule has 0 aromatic heterocycles. The van der Waals surface area contributed by atoms with E-state index in [2.05, 4.69) is 15.9 Å². The number of likely N-dealkylation sites (N-methyl/N-ethyl adjacent to an activating group) is 1. The Labute approximate surface area is 114 Å². The van der Waals surface area contributed by atoms with E-state index in [0.717, 1.165) is 4.47 Å². The van der Waals surface area contributed by atoms with E-state index >= 15 is 0 Å². The summed E-state index contributed by atoms with van der Waals surface area (Å²) in [4.78, 5) is 13.0. The largest absolute Gasteiger partial charge is 0.394 e. The number of benzene rings is 1. The van der Waals surface area contributed by atoms with Gasteiger partial charge in [0.1, 0.15) is 11.9 Å². The fraction of sp³-hybridized carbons (Fsp3) is 0.417. The maximum absolute atomic E-state index is 13.5. The van der Waals surface area contributed by atoms with Crippen LogP contribution >= 0.6 is 15.9 Å². The summed E-state index contributed by atoms with van der Waals surface area (Å²) in [5.74, 6) is -0.654. The number of aliphatic hydroxyl groups is 1. The molecule has 6 heteroatoms. The summed E-state index contributed by atoms with van der Waals surface area (Å²) in [5, 5.41) is 8.78. The molecule has 0 aliphatic carbocycles. The Morgan fingerprint density at radius 2 is 2.28 bits per heavy atom. The van der Waals surface area contributed by atoms with Crippen LogP contribution in [-0.4, -0.2) is 42.2 Å². The molecule has 100 valence electrons. The minimum absolute atomic E-state index is 0.300. The number of rotatable bonds is 5. The third-order valence-corrected chi connectivity index (χ3v) is 3.11. The average Bonchev–Trinajstić information content (AvgIpc) is 2.37. The second-order valence-corrected chi connectivity index (χ2v) is 4.95. The Morgan fingerprint density at radius 1 is 1.61 bits per heavy atom. The van der Waals surface area contributed by atoms with Gasteiger partial charge < -0.3 is 15.7 Å². The molecule has 18 heavy (non-hydrogen) atoms. The monoisotopic (exact) mass is 318 g/mol. The topological polar surface area (TPSA) is 66.6 Å². The quantitative estimate of drug-likeness (QED) is 0.848. The lowest BCUT2D eigenvalue weighted by Crippen LogP contribution is -2.44. The summed E-state index contributed by atoms with van der Waals surface area (Å²) in [7, 11) is 1.58. The van der Waals surface area contributed by atoms with Gasteiger partial charge in [0.25, 0.3) is 0 Å². The molecule has 1 amide bonds. The number of halogens is 2. The SMILES string of the molecule is CN(CCc1cc(Br)ccc1F)C(=O)C(N)CO. The lowest BCUT2D eigenvalue weighted by molar-refractivity contribution is -0.132. The molecule has 1 atom stereocenters. The number of nitrogens with two attached hydrogens (primary N) is 1. The molecule has 0 spiro atoms. The lowest BCUT2D eigenvalue weighted by atomic mass is 10.1. The van der Waals surface area contributed by atoms with Crippen LogP contribution in [0.4, 0.5) is 4.39 Å². The first-order valence-electron chi connectivity index (χ1n) is 5.51. The molecule has 1 aromatic carbocycles.